The van der Waals surface area contributed by atoms with Crippen LogP contribution < -0.4 is 0 Å². The van der Waals surface area contributed by atoms with Gasteiger partial charge in [0.15, 0.2) is 0 Å². The zero-order valence-electron chi connectivity index (χ0n) is 12.3. The molecule has 0 saturated carbocycles. The summed E-state index contributed by atoms with van der Waals surface area (Å²) in [6.45, 7) is 3.98. The summed E-state index contributed by atoms with van der Waals surface area (Å²) >= 11 is 0. The molecule has 3 heteroatoms. The van der Waals surface area contributed by atoms with Gasteiger partial charge >= 0.3 is 0 Å². The van der Waals surface area contributed by atoms with E-state index in [-0.39, 0.29) is 17.7 Å². The minimum atomic E-state index is -0.194. The molecular weight excluding hydrogens is 265 g/mol. The van der Waals surface area contributed by atoms with Gasteiger partial charge in [0.2, 0.25) is 0 Å². The van der Waals surface area contributed by atoms with Crippen LogP contribution in [-0.4, -0.2) is 11.3 Å². The van der Waals surface area contributed by atoms with Crippen molar-refractivity contribution in [1.82, 2.24) is 4.98 Å². The van der Waals surface area contributed by atoms with Gasteiger partial charge in [0.25, 0.3) is 0 Å². The number of fused-ring (bicyclic) bond motifs is 1. The van der Waals surface area contributed by atoms with Gasteiger partial charge in [0.1, 0.15) is 12.1 Å². The number of benzene rings is 1. The molecule has 0 radical (unpaired) electrons. The van der Waals surface area contributed by atoms with Crippen molar-refractivity contribution in [2.45, 2.75) is 38.5 Å². The molecule has 0 spiro atoms. The van der Waals surface area contributed by atoms with E-state index in [0.29, 0.717) is 18.4 Å². The Morgan fingerprint density at radius 1 is 1.29 bits per heavy atom. The van der Waals surface area contributed by atoms with E-state index in [0.717, 1.165) is 28.8 Å². The zero-order valence-corrected chi connectivity index (χ0v) is 12.3. The highest BCUT2D eigenvalue weighted by atomic mass is 19.1. The minimum Gasteiger partial charge on any atom is -0.303 e. The fourth-order valence-corrected chi connectivity index (χ4v) is 3.49. The third-order valence-corrected chi connectivity index (χ3v) is 4.33. The quantitative estimate of drug-likeness (QED) is 0.784. The van der Waals surface area contributed by atoms with Gasteiger partial charge in [-0.25, -0.2) is 4.39 Å². The van der Waals surface area contributed by atoms with Gasteiger partial charge in [-0.2, -0.15) is 0 Å². The summed E-state index contributed by atoms with van der Waals surface area (Å²) in [4.78, 5) is 16.1. The Morgan fingerprint density at radius 3 is 2.76 bits per heavy atom. The number of hydrogen-bond acceptors (Lipinski definition) is 2. The van der Waals surface area contributed by atoms with E-state index in [4.69, 9.17) is 0 Å². The number of aldehydes is 1. The molecule has 1 aliphatic rings. The molecule has 1 aromatic carbocycles. The van der Waals surface area contributed by atoms with Crippen molar-refractivity contribution >= 4 is 6.29 Å². The van der Waals surface area contributed by atoms with E-state index >= 15 is 0 Å². The first-order valence-electron chi connectivity index (χ1n) is 7.27. The molecule has 1 heterocycles. The van der Waals surface area contributed by atoms with Crippen LogP contribution in [0.1, 0.15) is 46.3 Å². The number of carbonyl (C=O) groups excluding carboxylic acids is 1. The van der Waals surface area contributed by atoms with Gasteiger partial charge in [-0.15, -0.1) is 0 Å². The lowest BCUT2D eigenvalue weighted by molar-refractivity contribution is -0.109. The zero-order chi connectivity index (χ0) is 15.0. The standard InChI is InChI=1S/C18H18FNO/c1-11-7-12(2)20-17-9-13(8-14(10-21)18(11)17)15-5-3-4-6-16(15)19/h3-7,10,13-14H,8-9H2,1-2H3. The van der Waals surface area contributed by atoms with Crippen LogP contribution in [0.5, 0.6) is 0 Å². The summed E-state index contributed by atoms with van der Waals surface area (Å²) in [6, 6.07) is 8.85. The normalized spacial score (nSPS) is 20.9. The Kier molecular flexibility index (Phi) is 3.58. The van der Waals surface area contributed by atoms with Crippen LogP contribution in [0.4, 0.5) is 4.39 Å². The Hall–Kier alpha value is -2.03. The monoisotopic (exact) mass is 283 g/mol. The molecule has 2 nitrogen and oxygen atoms in total. The van der Waals surface area contributed by atoms with E-state index in [1.165, 1.54) is 6.07 Å². The van der Waals surface area contributed by atoms with Crippen LogP contribution >= 0.6 is 0 Å². The van der Waals surface area contributed by atoms with Crippen molar-refractivity contribution < 1.29 is 9.18 Å². The van der Waals surface area contributed by atoms with Gasteiger partial charge in [-0.3, -0.25) is 4.98 Å². The molecule has 108 valence electrons. The number of carbonyl (C=O) groups is 1. The average Bonchev–Trinajstić information content (AvgIpc) is 2.46. The fraction of sp³-hybridized carbons (Fsp3) is 0.333. The number of rotatable bonds is 2. The maximum Gasteiger partial charge on any atom is 0.127 e. The molecule has 2 aromatic rings. The van der Waals surface area contributed by atoms with Crippen molar-refractivity contribution in [3.63, 3.8) is 0 Å². The summed E-state index contributed by atoms with van der Waals surface area (Å²) in [6.07, 6.45) is 2.34. The van der Waals surface area contributed by atoms with E-state index in [9.17, 15) is 9.18 Å². The average molecular weight is 283 g/mol. The number of aryl methyl sites for hydroxylation is 2. The first-order chi connectivity index (χ1) is 10.1. The molecule has 2 unspecified atom stereocenters. The number of nitrogens with zero attached hydrogens (tertiary/aromatic N) is 1. The summed E-state index contributed by atoms with van der Waals surface area (Å²) in [7, 11) is 0. The lowest BCUT2D eigenvalue weighted by Crippen LogP contribution is -2.22. The second kappa shape index (κ2) is 5.40. The number of halogens is 1. The topological polar surface area (TPSA) is 30.0 Å². The van der Waals surface area contributed by atoms with Crippen LogP contribution in [0.2, 0.25) is 0 Å². The van der Waals surface area contributed by atoms with Crippen LogP contribution in [0.25, 0.3) is 0 Å². The molecule has 1 aliphatic carbocycles. The van der Waals surface area contributed by atoms with Crippen molar-refractivity contribution in [3.8, 4) is 0 Å². The molecule has 21 heavy (non-hydrogen) atoms. The molecule has 0 aliphatic heterocycles. The Bertz CT molecular complexity index is 696. The van der Waals surface area contributed by atoms with Gasteiger partial charge < -0.3 is 4.79 Å². The highest BCUT2D eigenvalue weighted by Crippen LogP contribution is 2.40. The number of hydrogen-bond donors (Lipinski definition) is 0. The molecule has 0 fully saturated rings. The van der Waals surface area contributed by atoms with Crippen LogP contribution in [0, 0.1) is 19.7 Å². The van der Waals surface area contributed by atoms with Crippen molar-refractivity contribution in [2.75, 3.05) is 0 Å². The molecule has 0 N–H and O–H groups in total. The molecule has 2 atom stereocenters. The van der Waals surface area contributed by atoms with Gasteiger partial charge in [0.05, 0.1) is 0 Å². The molecule has 1 aromatic heterocycles. The Morgan fingerprint density at radius 2 is 2.05 bits per heavy atom. The highest BCUT2D eigenvalue weighted by molar-refractivity contribution is 5.65. The van der Waals surface area contributed by atoms with Gasteiger partial charge in [0, 0.05) is 17.3 Å². The summed E-state index contributed by atoms with van der Waals surface area (Å²) < 4.78 is 14.0. The first kappa shape index (κ1) is 13.9. The Balaban J connectivity index is 2.07. The van der Waals surface area contributed by atoms with Crippen molar-refractivity contribution in [3.05, 3.63) is 64.2 Å². The second-order valence-corrected chi connectivity index (χ2v) is 5.84. The summed E-state index contributed by atoms with van der Waals surface area (Å²) in [5, 5.41) is 0. The Labute approximate surface area is 124 Å². The summed E-state index contributed by atoms with van der Waals surface area (Å²) in [5.74, 6) is -0.367. The maximum absolute atomic E-state index is 14.0. The molecular formula is C18H18FNO. The maximum atomic E-state index is 14.0. The van der Waals surface area contributed by atoms with Crippen LogP contribution in [0.3, 0.4) is 0 Å². The van der Waals surface area contributed by atoms with E-state index in [2.05, 4.69) is 4.98 Å². The first-order valence-corrected chi connectivity index (χ1v) is 7.27. The van der Waals surface area contributed by atoms with E-state index in [1.54, 1.807) is 6.07 Å². The predicted octanol–water partition coefficient (Wildman–Crippen LogP) is 3.85. The van der Waals surface area contributed by atoms with Crippen molar-refractivity contribution in [1.29, 1.82) is 0 Å². The van der Waals surface area contributed by atoms with Gasteiger partial charge in [-0.05, 0) is 61.4 Å². The fourth-order valence-electron chi connectivity index (χ4n) is 3.49. The number of pyridine rings is 1. The number of aromatic nitrogens is 1. The summed E-state index contributed by atoms with van der Waals surface area (Å²) in [5.41, 5.74) is 4.75. The lowest BCUT2D eigenvalue weighted by Gasteiger charge is -2.30. The lowest BCUT2D eigenvalue weighted by atomic mass is 9.75. The molecule has 3 rings (SSSR count). The van der Waals surface area contributed by atoms with Gasteiger partial charge in [-0.1, -0.05) is 18.2 Å². The van der Waals surface area contributed by atoms with Crippen LogP contribution in [0.15, 0.2) is 30.3 Å². The highest BCUT2D eigenvalue weighted by Gasteiger charge is 2.31. The third kappa shape index (κ3) is 2.48. The SMILES string of the molecule is Cc1cc(C)c2c(n1)CC(c1ccccc1F)CC2C=O. The molecule has 0 amide bonds. The molecule has 0 bridgehead atoms. The largest absolute Gasteiger partial charge is 0.303 e. The van der Waals surface area contributed by atoms with E-state index in [1.807, 2.05) is 32.0 Å². The second-order valence-electron chi connectivity index (χ2n) is 5.84. The van der Waals surface area contributed by atoms with E-state index < -0.39 is 0 Å². The third-order valence-electron chi connectivity index (χ3n) is 4.33. The minimum absolute atomic E-state index is 0.0163. The van der Waals surface area contributed by atoms with Crippen LogP contribution in [-0.2, 0) is 11.2 Å². The molecule has 0 saturated heterocycles. The predicted molar refractivity (Wildman–Crippen MR) is 80.0 cm³/mol. The van der Waals surface area contributed by atoms with Crippen molar-refractivity contribution in [2.24, 2.45) is 0 Å². The smallest absolute Gasteiger partial charge is 0.127 e.